The normalized spacial score (nSPS) is 32.2. The van der Waals surface area contributed by atoms with Gasteiger partial charge in [0.25, 0.3) is 0 Å². The smallest absolute Gasteiger partial charge is 0.315 e. The van der Waals surface area contributed by atoms with Crippen molar-refractivity contribution in [3.05, 3.63) is 12.2 Å². The molecular weight excluding hydrogens is 278 g/mol. The fourth-order valence-electron chi connectivity index (χ4n) is 4.47. The molecule has 2 bridgehead atoms. The lowest BCUT2D eigenvalue weighted by Crippen LogP contribution is -2.50. The number of hydrogen-bond donors (Lipinski definition) is 2. The molecule has 0 aromatic carbocycles. The van der Waals surface area contributed by atoms with Gasteiger partial charge in [-0.1, -0.05) is 20.8 Å². The second kappa shape index (κ2) is 5.25. The van der Waals surface area contributed by atoms with E-state index in [-0.39, 0.29) is 17.5 Å². The van der Waals surface area contributed by atoms with Gasteiger partial charge in [0.15, 0.2) is 0 Å². The van der Waals surface area contributed by atoms with Gasteiger partial charge in [0, 0.05) is 26.1 Å². The standard InChI is InChI=1S/C16H27N5O/c1-15(2)11-5-7-16(15,3)12(9-11)20-14(22)17-8-6-13-18-10-19-21(13)4/h10-12H,5-9H2,1-4H3,(H2,17,20,22). The van der Waals surface area contributed by atoms with Crippen LogP contribution in [0.15, 0.2) is 6.33 Å². The van der Waals surface area contributed by atoms with Crippen molar-refractivity contribution in [3.8, 4) is 0 Å². The number of nitrogens with one attached hydrogen (secondary N) is 2. The maximum atomic E-state index is 12.2. The summed E-state index contributed by atoms with van der Waals surface area (Å²) in [5.41, 5.74) is 0.544. The number of nitrogens with zero attached hydrogens (tertiary/aromatic N) is 3. The highest BCUT2D eigenvalue weighted by Gasteiger charge is 2.61. The first-order valence-electron chi connectivity index (χ1n) is 8.22. The minimum atomic E-state index is -0.0586. The Morgan fingerprint density at radius 3 is 2.77 bits per heavy atom. The lowest BCUT2D eigenvalue weighted by Gasteiger charge is -2.39. The van der Waals surface area contributed by atoms with Crippen molar-refractivity contribution in [3.63, 3.8) is 0 Å². The zero-order chi connectivity index (χ0) is 16.0. The molecule has 22 heavy (non-hydrogen) atoms. The van der Waals surface area contributed by atoms with Crippen molar-refractivity contribution < 1.29 is 4.79 Å². The van der Waals surface area contributed by atoms with E-state index < -0.39 is 0 Å². The number of urea groups is 1. The number of fused-ring (bicyclic) bond motifs is 2. The molecule has 2 aliphatic rings. The molecule has 0 saturated heterocycles. The number of aryl methyl sites for hydroxylation is 1. The number of amides is 2. The minimum Gasteiger partial charge on any atom is -0.338 e. The van der Waals surface area contributed by atoms with E-state index in [0.717, 1.165) is 18.2 Å². The van der Waals surface area contributed by atoms with Crippen LogP contribution in [0.5, 0.6) is 0 Å². The van der Waals surface area contributed by atoms with Crippen LogP contribution in [0.25, 0.3) is 0 Å². The molecule has 6 nitrogen and oxygen atoms in total. The van der Waals surface area contributed by atoms with Gasteiger partial charge in [-0.3, -0.25) is 4.68 Å². The molecule has 1 aromatic rings. The molecule has 0 spiro atoms. The molecule has 3 rings (SSSR count). The van der Waals surface area contributed by atoms with Gasteiger partial charge in [-0.05, 0) is 36.0 Å². The van der Waals surface area contributed by atoms with Crippen LogP contribution in [0.2, 0.25) is 0 Å². The third-order valence-electron chi connectivity index (χ3n) is 6.54. The summed E-state index contributed by atoms with van der Waals surface area (Å²) in [6, 6.07) is 0.229. The average Bonchev–Trinajstić information content (AvgIpc) is 3.00. The largest absolute Gasteiger partial charge is 0.338 e. The van der Waals surface area contributed by atoms with Crippen LogP contribution >= 0.6 is 0 Å². The van der Waals surface area contributed by atoms with Crippen LogP contribution in [0, 0.1) is 16.7 Å². The van der Waals surface area contributed by atoms with Gasteiger partial charge in [-0.15, -0.1) is 0 Å². The van der Waals surface area contributed by atoms with Crippen LogP contribution in [-0.4, -0.2) is 33.4 Å². The summed E-state index contributed by atoms with van der Waals surface area (Å²) in [7, 11) is 1.86. The fraction of sp³-hybridized carbons (Fsp3) is 0.812. The number of carbonyl (C=O) groups is 1. The first kappa shape index (κ1) is 15.3. The topological polar surface area (TPSA) is 71.8 Å². The molecular formula is C16H27N5O. The first-order chi connectivity index (χ1) is 10.3. The summed E-state index contributed by atoms with van der Waals surface area (Å²) in [6.45, 7) is 7.63. The Labute approximate surface area is 132 Å². The number of rotatable bonds is 4. The molecule has 3 unspecified atom stereocenters. The summed E-state index contributed by atoms with van der Waals surface area (Å²) in [6.07, 6.45) is 5.86. The van der Waals surface area contributed by atoms with Crippen LogP contribution < -0.4 is 10.6 Å². The summed E-state index contributed by atoms with van der Waals surface area (Å²) in [5, 5.41) is 10.2. The minimum absolute atomic E-state index is 0.0586. The van der Waals surface area contributed by atoms with Gasteiger partial charge in [0.2, 0.25) is 0 Å². The molecule has 122 valence electrons. The molecule has 2 fully saturated rings. The van der Waals surface area contributed by atoms with E-state index in [1.54, 1.807) is 4.68 Å². The van der Waals surface area contributed by atoms with Crippen molar-refractivity contribution in [2.75, 3.05) is 6.54 Å². The Balaban J connectivity index is 1.50. The Kier molecular flexibility index (Phi) is 3.65. The first-order valence-corrected chi connectivity index (χ1v) is 8.22. The molecule has 2 N–H and O–H groups in total. The Bertz CT molecular complexity index is 567. The van der Waals surface area contributed by atoms with E-state index >= 15 is 0 Å². The number of hydrogen-bond acceptors (Lipinski definition) is 3. The Morgan fingerprint density at radius 1 is 1.45 bits per heavy atom. The van der Waals surface area contributed by atoms with Crippen molar-refractivity contribution in [1.82, 2.24) is 25.4 Å². The Morgan fingerprint density at radius 2 is 2.23 bits per heavy atom. The second-order valence-corrected chi connectivity index (χ2v) is 7.61. The molecule has 0 aliphatic heterocycles. The maximum Gasteiger partial charge on any atom is 0.315 e. The van der Waals surface area contributed by atoms with Gasteiger partial charge < -0.3 is 10.6 Å². The van der Waals surface area contributed by atoms with Crippen LogP contribution in [0.4, 0.5) is 4.79 Å². The maximum absolute atomic E-state index is 12.2. The summed E-state index contributed by atoms with van der Waals surface area (Å²) >= 11 is 0. The van der Waals surface area contributed by atoms with Crippen molar-refractivity contribution >= 4 is 6.03 Å². The number of aromatic nitrogens is 3. The van der Waals surface area contributed by atoms with Crippen molar-refractivity contribution in [2.24, 2.45) is 23.8 Å². The second-order valence-electron chi connectivity index (χ2n) is 7.61. The molecule has 0 radical (unpaired) electrons. The zero-order valence-electron chi connectivity index (χ0n) is 14.0. The van der Waals surface area contributed by atoms with Crippen LogP contribution in [0.3, 0.4) is 0 Å². The molecule has 2 saturated carbocycles. The van der Waals surface area contributed by atoms with Gasteiger partial charge in [-0.25, -0.2) is 9.78 Å². The van der Waals surface area contributed by atoms with Gasteiger partial charge in [0.1, 0.15) is 12.2 Å². The average molecular weight is 305 g/mol. The zero-order valence-corrected chi connectivity index (χ0v) is 14.0. The van der Waals surface area contributed by atoms with E-state index in [1.165, 1.54) is 19.2 Å². The van der Waals surface area contributed by atoms with Gasteiger partial charge in [0.05, 0.1) is 0 Å². The van der Waals surface area contributed by atoms with Crippen molar-refractivity contribution in [1.29, 1.82) is 0 Å². The predicted molar refractivity (Wildman–Crippen MR) is 84.3 cm³/mol. The highest BCUT2D eigenvalue weighted by molar-refractivity contribution is 5.74. The highest BCUT2D eigenvalue weighted by Crippen LogP contribution is 2.65. The van der Waals surface area contributed by atoms with E-state index in [1.807, 2.05) is 7.05 Å². The monoisotopic (exact) mass is 305 g/mol. The van der Waals surface area contributed by atoms with Crippen LogP contribution in [0.1, 0.15) is 45.9 Å². The molecule has 1 aromatic heterocycles. The Hall–Kier alpha value is -1.59. The molecule has 1 heterocycles. The van der Waals surface area contributed by atoms with Gasteiger partial charge >= 0.3 is 6.03 Å². The molecule has 6 heteroatoms. The van der Waals surface area contributed by atoms with E-state index in [0.29, 0.717) is 18.4 Å². The summed E-state index contributed by atoms with van der Waals surface area (Å²) in [4.78, 5) is 16.3. The van der Waals surface area contributed by atoms with Gasteiger partial charge in [-0.2, -0.15) is 5.10 Å². The SMILES string of the molecule is Cn1ncnc1CCNC(=O)NC1CC2CCC1(C)C2(C)C. The summed E-state index contributed by atoms with van der Waals surface area (Å²) in [5.74, 6) is 1.62. The fourth-order valence-corrected chi connectivity index (χ4v) is 4.47. The lowest BCUT2D eigenvalue weighted by molar-refractivity contribution is 0.123. The number of carbonyl (C=O) groups excluding carboxylic acids is 1. The predicted octanol–water partition coefficient (Wildman–Crippen LogP) is 1.87. The third-order valence-corrected chi connectivity index (χ3v) is 6.54. The van der Waals surface area contributed by atoms with E-state index in [4.69, 9.17) is 0 Å². The molecule has 2 aliphatic carbocycles. The molecule has 2 amide bonds. The lowest BCUT2D eigenvalue weighted by atomic mass is 9.69. The van der Waals surface area contributed by atoms with E-state index in [9.17, 15) is 4.79 Å². The quantitative estimate of drug-likeness (QED) is 0.892. The third kappa shape index (κ3) is 2.29. The highest BCUT2D eigenvalue weighted by atomic mass is 16.2. The summed E-state index contributed by atoms with van der Waals surface area (Å²) < 4.78 is 1.74. The molecule has 3 atom stereocenters. The van der Waals surface area contributed by atoms with Crippen LogP contribution in [-0.2, 0) is 13.5 Å². The van der Waals surface area contributed by atoms with E-state index in [2.05, 4.69) is 41.5 Å². The van der Waals surface area contributed by atoms with Crippen molar-refractivity contribution in [2.45, 2.75) is 52.5 Å².